The molecule has 0 bridgehead atoms. The molecule has 9 nitrogen and oxygen atoms in total. The van der Waals surface area contributed by atoms with E-state index in [1.54, 1.807) is 17.4 Å². The summed E-state index contributed by atoms with van der Waals surface area (Å²) in [4.78, 5) is 26.2. The van der Waals surface area contributed by atoms with Crippen LogP contribution in [0.25, 0.3) is 0 Å². The molecular formula is C29H33N5O4Si. The van der Waals surface area contributed by atoms with Gasteiger partial charge in [0.05, 0.1) is 34.5 Å². The van der Waals surface area contributed by atoms with Crippen LogP contribution in [0.5, 0.6) is 11.8 Å². The summed E-state index contributed by atoms with van der Waals surface area (Å²) in [5.41, 5.74) is 5.03. The van der Waals surface area contributed by atoms with Crippen LogP contribution >= 0.6 is 0 Å². The first-order chi connectivity index (χ1) is 18.8. The van der Waals surface area contributed by atoms with Crippen LogP contribution in [0.3, 0.4) is 0 Å². The maximum absolute atomic E-state index is 13.1. The average Bonchev–Trinajstić information content (AvgIpc) is 3.52. The van der Waals surface area contributed by atoms with Crippen molar-refractivity contribution in [2.45, 2.75) is 45.4 Å². The molecule has 0 saturated carbocycles. The number of methoxy groups -OCH3 is 2. The summed E-state index contributed by atoms with van der Waals surface area (Å²) in [6.07, 6.45) is 3.52. The number of amides is 1. The first-order valence-corrected chi connectivity index (χ1v) is 16.1. The highest BCUT2D eigenvalue weighted by molar-refractivity contribution is 6.91. The maximum Gasteiger partial charge on any atom is 0.291 e. The highest BCUT2D eigenvalue weighted by atomic mass is 28.3. The molecule has 0 radical (unpaired) electrons. The fourth-order valence-electron chi connectivity index (χ4n) is 4.95. The van der Waals surface area contributed by atoms with Gasteiger partial charge in [-0.25, -0.2) is 0 Å². The minimum Gasteiger partial charge on any atom is -0.479 e. The van der Waals surface area contributed by atoms with Crippen molar-refractivity contribution in [1.29, 1.82) is 0 Å². The smallest absolute Gasteiger partial charge is 0.291 e. The second kappa shape index (κ2) is 10.9. The van der Waals surface area contributed by atoms with Gasteiger partial charge in [0.15, 0.2) is 11.4 Å². The monoisotopic (exact) mass is 543 g/mol. The van der Waals surface area contributed by atoms with Crippen molar-refractivity contribution in [3.8, 4) is 11.8 Å². The van der Waals surface area contributed by atoms with Gasteiger partial charge >= 0.3 is 0 Å². The van der Waals surface area contributed by atoms with Crippen molar-refractivity contribution >= 4 is 30.8 Å². The Morgan fingerprint density at radius 1 is 1.08 bits per heavy atom. The summed E-state index contributed by atoms with van der Waals surface area (Å²) < 4.78 is 16.8. The zero-order valence-corrected chi connectivity index (χ0v) is 23.9. The number of furan rings is 1. The normalized spacial score (nSPS) is 13.6. The molecule has 0 atom stereocenters. The number of carbonyl (C=O) groups is 1. The Balaban J connectivity index is 1.31. The van der Waals surface area contributed by atoms with E-state index in [2.05, 4.69) is 57.7 Å². The van der Waals surface area contributed by atoms with Gasteiger partial charge in [0.1, 0.15) is 5.76 Å². The van der Waals surface area contributed by atoms with Gasteiger partial charge in [0.2, 0.25) is 17.7 Å². The van der Waals surface area contributed by atoms with Gasteiger partial charge in [0, 0.05) is 12.6 Å². The van der Waals surface area contributed by atoms with Gasteiger partial charge in [-0.2, -0.15) is 9.97 Å². The first kappa shape index (κ1) is 26.4. The number of nitrogens with one attached hydrogen (secondary N) is 2. The minimum absolute atomic E-state index is 0.158. The van der Waals surface area contributed by atoms with E-state index in [9.17, 15) is 4.79 Å². The predicted molar refractivity (Wildman–Crippen MR) is 153 cm³/mol. The van der Waals surface area contributed by atoms with Crippen molar-refractivity contribution in [2.24, 2.45) is 0 Å². The van der Waals surface area contributed by atoms with Crippen molar-refractivity contribution in [2.75, 3.05) is 24.9 Å². The third-order valence-corrected chi connectivity index (χ3v) is 10.6. The molecule has 3 aromatic heterocycles. The van der Waals surface area contributed by atoms with Crippen LogP contribution in [0.15, 0.2) is 53.1 Å². The first-order valence-electron chi connectivity index (χ1n) is 12.9. The molecule has 1 amide bonds. The highest BCUT2D eigenvalue weighted by Crippen LogP contribution is 2.33. The predicted octanol–water partition coefficient (Wildman–Crippen LogP) is 4.72. The van der Waals surface area contributed by atoms with Gasteiger partial charge in [-0.3, -0.25) is 9.78 Å². The molecule has 10 heteroatoms. The molecule has 5 rings (SSSR count). The van der Waals surface area contributed by atoms with Gasteiger partial charge in [-0.15, -0.1) is 0 Å². The summed E-state index contributed by atoms with van der Waals surface area (Å²) >= 11 is 0. The number of benzene rings is 1. The van der Waals surface area contributed by atoms with Crippen LogP contribution in [-0.4, -0.2) is 43.2 Å². The lowest BCUT2D eigenvalue weighted by Crippen LogP contribution is -2.38. The van der Waals surface area contributed by atoms with E-state index in [-0.39, 0.29) is 29.2 Å². The third kappa shape index (κ3) is 5.65. The topological polar surface area (TPSA) is 111 Å². The number of carbonyl (C=O) groups excluding carboxylic acids is 1. The molecule has 0 unspecified atom stereocenters. The molecular weight excluding hydrogens is 510 g/mol. The lowest BCUT2D eigenvalue weighted by atomic mass is 10.0. The number of hydrogen-bond acceptors (Lipinski definition) is 8. The van der Waals surface area contributed by atoms with Crippen molar-refractivity contribution < 1.29 is 18.7 Å². The largest absolute Gasteiger partial charge is 0.479 e. The summed E-state index contributed by atoms with van der Waals surface area (Å²) in [5.74, 6) is 1.06. The maximum atomic E-state index is 13.1. The van der Waals surface area contributed by atoms with E-state index in [1.165, 1.54) is 43.4 Å². The zero-order chi connectivity index (χ0) is 27.6. The Morgan fingerprint density at radius 2 is 1.85 bits per heavy atom. The molecule has 1 aliphatic heterocycles. The number of pyridine rings is 1. The van der Waals surface area contributed by atoms with Crippen molar-refractivity contribution in [3.63, 3.8) is 0 Å². The third-order valence-electron chi connectivity index (χ3n) is 7.18. The van der Waals surface area contributed by atoms with E-state index in [4.69, 9.17) is 13.9 Å². The molecule has 2 N–H and O–H groups in total. The van der Waals surface area contributed by atoms with E-state index in [0.29, 0.717) is 13.0 Å². The Hall–Kier alpha value is -4.18. The Labute approximate surface area is 229 Å². The summed E-state index contributed by atoms with van der Waals surface area (Å²) in [5, 5.41) is 7.44. The molecule has 4 heterocycles. The SMILES string of the molecule is COc1nc(NCc2ccccn2)nc(OC)c1NC(=O)c1ccc(Cc2cc3c(cc2C)CC[Si]3(C)C)o1. The second-order valence-corrected chi connectivity index (χ2v) is 15.1. The van der Waals surface area contributed by atoms with Crippen LogP contribution in [0, 0.1) is 6.92 Å². The van der Waals surface area contributed by atoms with Gasteiger partial charge in [-0.1, -0.05) is 36.5 Å². The molecule has 1 aromatic carbocycles. The quantitative estimate of drug-likeness (QED) is 0.292. The molecule has 0 saturated heterocycles. The van der Waals surface area contributed by atoms with E-state index in [1.807, 2.05) is 24.3 Å². The van der Waals surface area contributed by atoms with Crippen LogP contribution in [0.2, 0.25) is 19.1 Å². The fourth-order valence-corrected chi connectivity index (χ4v) is 7.75. The Kier molecular flexibility index (Phi) is 7.38. The zero-order valence-electron chi connectivity index (χ0n) is 22.9. The van der Waals surface area contributed by atoms with E-state index in [0.717, 1.165) is 11.5 Å². The number of fused-ring (bicyclic) bond motifs is 1. The molecule has 0 spiro atoms. The molecule has 39 heavy (non-hydrogen) atoms. The standard InChI is InChI=1S/C29H33N5O4Si/c1-18-14-19-11-13-39(4,5)24(19)16-20(18)15-22-9-10-23(38-22)26(35)32-25-27(36-2)33-29(34-28(25)37-3)31-17-21-8-6-7-12-30-21/h6-10,12,14,16H,11,13,15,17H2,1-5H3,(H,32,35)(H,31,33,34). The average molecular weight is 544 g/mol. The number of aryl methyl sites for hydroxylation is 2. The number of aromatic nitrogens is 3. The van der Waals surface area contributed by atoms with Gasteiger partial charge in [0.25, 0.3) is 5.91 Å². The van der Waals surface area contributed by atoms with Crippen LogP contribution in [0.4, 0.5) is 11.6 Å². The number of anilines is 2. The highest BCUT2D eigenvalue weighted by Gasteiger charge is 2.32. The molecule has 0 fully saturated rings. The van der Waals surface area contributed by atoms with E-state index < -0.39 is 14.0 Å². The van der Waals surface area contributed by atoms with Gasteiger partial charge in [-0.05, 0) is 60.3 Å². The number of rotatable bonds is 9. The van der Waals surface area contributed by atoms with Gasteiger partial charge < -0.3 is 24.5 Å². The van der Waals surface area contributed by atoms with Crippen molar-refractivity contribution in [3.05, 3.63) is 82.6 Å². The fraction of sp³-hybridized carbons (Fsp3) is 0.310. The molecule has 4 aromatic rings. The summed E-state index contributed by atoms with van der Waals surface area (Å²) in [7, 11) is 1.56. The van der Waals surface area contributed by atoms with Crippen LogP contribution < -0.4 is 25.3 Å². The minimum atomic E-state index is -1.37. The van der Waals surface area contributed by atoms with E-state index >= 15 is 0 Å². The van der Waals surface area contributed by atoms with Crippen LogP contribution in [-0.2, 0) is 19.4 Å². The Morgan fingerprint density at radius 3 is 2.54 bits per heavy atom. The number of ether oxygens (including phenoxy) is 2. The Bertz CT molecular complexity index is 1480. The second-order valence-electron chi connectivity index (χ2n) is 10.3. The molecule has 0 aliphatic carbocycles. The molecule has 1 aliphatic rings. The molecule has 202 valence electrons. The lowest BCUT2D eigenvalue weighted by Gasteiger charge is -2.18. The summed E-state index contributed by atoms with van der Waals surface area (Å²) in [6.45, 7) is 7.43. The number of hydrogen-bond donors (Lipinski definition) is 2. The van der Waals surface area contributed by atoms with Crippen LogP contribution in [0.1, 0.15) is 38.7 Å². The lowest BCUT2D eigenvalue weighted by molar-refractivity contribution is 0.0994. The van der Waals surface area contributed by atoms with Crippen molar-refractivity contribution in [1.82, 2.24) is 15.0 Å². The summed E-state index contributed by atoms with van der Waals surface area (Å²) in [6, 6.07) is 15.2. The number of nitrogens with zero attached hydrogens (tertiary/aromatic N) is 3.